The predicted molar refractivity (Wildman–Crippen MR) is 62.5 cm³/mol. The maximum Gasteiger partial charge on any atom is 0.243 e. The van der Waals surface area contributed by atoms with E-state index in [4.69, 9.17) is 0 Å². The van der Waals surface area contributed by atoms with Crippen molar-refractivity contribution < 1.29 is 23.4 Å². The van der Waals surface area contributed by atoms with Crippen LogP contribution in [0.1, 0.15) is 22.3 Å². The average Bonchev–Trinajstić information content (AvgIpc) is 2.23. The molecule has 16 heavy (non-hydrogen) atoms. The normalized spacial score (nSPS) is 13.4. The molecule has 3 nitrogen and oxygen atoms in total. The summed E-state index contributed by atoms with van der Waals surface area (Å²) in [5, 5.41) is 6.11. The van der Waals surface area contributed by atoms with Crippen molar-refractivity contribution in [2.75, 3.05) is 17.2 Å². The number of nitrogens with one attached hydrogen (secondary N) is 2. The van der Waals surface area contributed by atoms with E-state index < -0.39 is 0 Å². The number of hydrogen-bond acceptors (Lipinski definition) is 2. The van der Waals surface area contributed by atoms with Crippen molar-refractivity contribution in [3.8, 4) is 0 Å². The second-order valence-corrected chi connectivity index (χ2v) is 4.15. The molecule has 2 N–H and O–H groups in total. The van der Waals surface area contributed by atoms with Crippen LogP contribution in [0.3, 0.4) is 0 Å². The largest absolute Gasteiger partial charge is 0.374 e. The van der Waals surface area contributed by atoms with E-state index in [1.54, 1.807) is 0 Å². The van der Waals surface area contributed by atoms with Crippen molar-refractivity contribution in [2.24, 2.45) is 0 Å². The molecule has 0 atom stereocenters. The number of fused-ring (bicyclic) bond motifs is 1. The number of hydrogen-bond donors (Lipinski definition) is 2. The van der Waals surface area contributed by atoms with Crippen molar-refractivity contribution in [1.29, 1.82) is 0 Å². The summed E-state index contributed by atoms with van der Waals surface area (Å²) >= 11 is 0. The van der Waals surface area contributed by atoms with E-state index in [0.29, 0.717) is 6.54 Å². The van der Waals surface area contributed by atoms with Crippen LogP contribution in [0.5, 0.6) is 0 Å². The third-order valence-corrected chi connectivity index (χ3v) is 3.38. The van der Waals surface area contributed by atoms with Gasteiger partial charge in [-0.2, -0.15) is 0 Å². The van der Waals surface area contributed by atoms with Gasteiger partial charge in [0.2, 0.25) is 5.91 Å². The second kappa shape index (κ2) is 4.52. The Morgan fingerprint density at radius 1 is 0.875 bits per heavy atom. The van der Waals surface area contributed by atoms with Crippen LogP contribution in [0.4, 0.5) is 11.4 Å². The first-order valence-electron chi connectivity index (χ1n) is 5.16. The van der Waals surface area contributed by atoms with Crippen molar-refractivity contribution in [3.05, 3.63) is 22.3 Å². The Hall–Kier alpha value is -0.926. The molecule has 0 unspecified atom stereocenters. The fraction of sp³-hybridized carbons (Fsp3) is 0.417. The molecule has 0 saturated heterocycles. The molecule has 0 spiro atoms. The Labute approximate surface area is 108 Å². The number of benzene rings is 1. The molecule has 0 fully saturated rings. The minimum atomic E-state index is 0. The van der Waals surface area contributed by atoms with E-state index in [2.05, 4.69) is 31.4 Å². The summed E-state index contributed by atoms with van der Waals surface area (Å²) in [5.41, 5.74) is 6.98. The van der Waals surface area contributed by atoms with E-state index in [1.807, 2.05) is 6.92 Å². The Balaban J connectivity index is 0.00000128. The van der Waals surface area contributed by atoms with Crippen molar-refractivity contribution in [2.45, 2.75) is 27.7 Å². The molecule has 1 aliphatic rings. The summed E-state index contributed by atoms with van der Waals surface area (Å²) in [6.07, 6.45) is 0. The Morgan fingerprint density at radius 2 is 1.38 bits per heavy atom. The smallest absolute Gasteiger partial charge is 0.243 e. The van der Waals surface area contributed by atoms with Gasteiger partial charge in [-0.3, -0.25) is 4.79 Å². The average molecular weight is 255 g/mol. The zero-order valence-corrected chi connectivity index (χ0v) is 11.5. The quantitative estimate of drug-likeness (QED) is 0.746. The van der Waals surface area contributed by atoms with Crippen LogP contribution in [-0.4, -0.2) is 12.5 Å². The molecule has 1 amide bonds. The summed E-state index contributed by atoms with van der Waals surface area (Å²) in [5.74, 6) is 0.0354. The zero-order chi connectivity index (χ0) is 11.2. The van der Waals surface area contributed by atoms with Crippen LogP contribution >= 0.6 is 0 Å². The number of carbonyl (C=O) groups is 1. The third-order valence-electron chi connectivity index (χ3n) is 3.38. The van der Waals surface area contributed by atoms with Crippen LogP contribution in [0.15, 0.2) is 0 Å². The van der Waals surface area contributed by atoms with Gasteiger partial charge in [-0.05, 0) is 49.9 Å². The van der Waals surface area contributed by atoms with Crippen LogP contribution in [0.2, 0.25) is 0 Å². The van der Waals surface area contributed by atoms with Gasteiger partial charge in [-0.25, -0.2) is 0 Å². The third kappa shape index (κ3) is 1.85. The topological polar surface area (TPSA) is 41.1 Å². The van der Waals surface area contributed by atoms with E-state index in [9.17, 15) is 4.79 Å². The fourth-order valence-electron chi connectivity index (χ4n) is 2.04. The molecular formula is C12H16N2OV. The molecule has 1 radical (unpaired) electrons. The van der Waals surface area contributed by atoms with E-state index in [0.717, 1.165) is 16.9 Å². The van der Waals surface area contributed by atoms with Crippen LogP contribution in [0, 0.1) is 27.7 Å². The van der Waals surface area contributed by atoms with E-state index in [-0.39, 0.29) is 24.5 Å². The molecule has 1 aliphatic heterocycles. The first-order valence-corrected chi connectivity index (χ1v) is 5.16. The summed E-state index contributed by atoms with van der Waals surface area (Å²) in [6, 6.07) is 0. The fourth-order valence-corrected chi connectivity index (χ4v) is 2.04. The van der Waals surface area contributed by atoms with Crippen molar-refractivity contribution in [3.63, 3.8) is 0 Å². The van der Waals surface area contributed by atoms with Crippen LogP contribution < -0.4 is 10.6 Å². The van der Waals surface area contributed by atoms with E-state index in [1.165, 1.54) is 16.7 Å². The standard InChI is InChI=1S/C12H16N2O.V/c1-6-7(2)9(4)12-11(8(6)3)13-5-10(15)14-12;/h13H,5H2,1-4H3,(H,14,15);. The van der Waals surface area contributed by atoms with Crippen LogP contribution in [-0.2, 0) is 23.4 Å². The van der Waals surface area contributed by atoms with Crippen molar-refractivity contribution >= 4 is 17.3 Å². The number of carbonyl (C=O) groups excluding carboxylic acids is 1. The van der Waals surface area contributed by atoms with Gasteiger partial charge in [0.05, 0.1) is 17.9 Å². The predicted octanol–water partition coefficient (Wildman–Crippen LogP) is 2.28. The SMILES string of the molecule is Cc1c(C)c(C)c2c(c1C)NCC(=O)N2.[V]. The monoisotopic (exact) mass is 255 g/mol. The number of rotatable bonds is 0. The molecule has 0 bridgehead atoms. The number of amides is 1. The van der Waals surface area contributed by atoms with Crippen LogP contribution in [0.25, 0.3) is 0 Å². The molecular weight excluding hydrogens is 239 g/mol. The van der Waals surface area contributed by atoms with Gasteiger partial charge in [0.25, 0.3) is 0 Å². The maximum absolute atomic E-state index is 11.3. The molecule has 1 aromatic rings. The Kier molecular flexibility index (Phi) is 3.71. The van der Waals surface area contributed by atoms with Gasteiger partial charge < -0.3 is 10.6 Å². The molecule has 0 aliphatic carbocycles. The Bertz CT molecular complexity index is 455. The van der Waals surface area contributed by atoms with Gasteiger partial charge in [0.1, 0.15) is 0 Å². The summed E-state index contributed by atoms with van der Waals surface area (Å²) in [7, 11) is 0. The summed E-state index contributed by atoms with van der Waals surface area (Å²) in [6.45, 7) is 8.73. The molecule has 85 valence electrons. The van der Waals surface area contributed by atoms with Gasteiger partial charge in [-0.1, -0.05) is 0 Å². The number of anilines is 2. The first-order chi connectivity index (χ1) is 7.02. The van der Waals surface area contributed by atoms with Crippen molar-refractivity contribution in [1.82, 2.24) is 0 Å². The minimum Gasteiger partial charge on any atom is -0.374 e. The first kappa shape index (κ1) is 13.1. The molecule has 0 aromatic heterocycles. The van der Waals surface area contributed by atoms with E-state index >= 15 is 0 Å². The maximum atomic E-state index is 11.3. The second-order valence-electron chi connectivity index (χ2n) is 4.15. The molecule has 1 heterocycles. The zero-order valence-electron chi connectivity index (χ0n) is 10.1. The Morgan fingerprint density at radius 3 is 1.94 bits per heavy atom. The summed E-state index contributed by atoms with van der Waals surface area (Å²) in [4.78, 5) is 11.3. The van der Waals surface area contributed by atoms with Gasteiger partial charge in [-0.15, -0.1) is 0 Å². The molecule has 4 heteroatoms. The molecule has 1 aromatic carbocycles. The van der Waals surface area contributed by atoms with Gasteiger partial charge in [0.15, 0.2) is 0 Å². The summed E-state index contributed by atoms with van der Waals surface area (Å²) < 4.78 is 0. The molecule has 0 saturated carbocycles. The minimum absolute atomic E-state index is 0. The van der Waals surface area contributed by atoms with Gasteiger partial charge in [0, 0.05) is 18.6 Å². The van der Waals surface area contributed by atoms with Gasteiger partial charge >= 0.3 is 0 Å². The molecule has 2 rings (SSSR count).